The summed E-state index contributed by atoms with van der Waals surface area (Å²) in [6.45, 7) is 9.25. The third-order valence-corrected chi connectivity index (χ3v) is 15.4. The fourth-order valence-electron chi connectivity index (χ4n) is 6.36. The maximum Gasteiger partial charge on any atom is 0.200 e. The Hall–Kier alpha value is -3.39. The molecule has 0 fully saturated rings. The van der Waals surface area contributed by atoms with E-state index >= 15 is 17.6 Å². The predicted octanol–water partition coefficient (Wildman–Crippen LogP) is 6.91. The normalized spacial score (nSPS) is 13.0. The zero-order chi connectivity index (χ0) is 32.1. The molecule has 226 valence electrons. The van der Waals surface area contributed by atoms with E-state index in [0.29, 0.717) is 43.8 Å². The monoisotopic (exact) mass is 642 g/mol. The quantitative estimate of drug-likeness (QED) is 0.0866. The van der Waals surface area contributed by atoms with Crippen molar-refractivity contribution in [2.24, 2.45) is 0 Å². The lowest BCUT2D eigenvalue weighted by Gasteiger charge is -2.29. The van der Waals surface area contributed by atoms with Crippen LogP contribution in [0.15, 0.2) is 24.3 Å². The highest BCUT2D eigenvalue weighted by Gasteiger charge is 2.43. The van der Waals surface area contributed by atoms with Crippen LogP contribution in [0.1, 0.15) is 22.3 Å². The number of halogens is 10. The number of hydrogen-bond acceptors (Lipinski definition) is 0. The summed E-state index contributed by atoms with van der Waals surface area (Å²) in [6, 6.07) is 6.83. The summed E-state index contributed by atoms with van der Waals surface area (Å²) in [7, 11) is -7.37. The molecule has 0 heterocycles. The van der Waals surface area contributed by atoms with Gasteiger partial charge < -0.3 is 0 Å². The molecule has 0 saturated carbocycles. The molecule has 1 aliphatic carbocycles. The van der Waals surface area contributed by atoms with E-state index in [1.807, 2.05) is 0 Å². The van der Waals surface area contributed by atoms with E-state index in [-0.39, 0.29) is 6.42 Å². The average Bonchev–Trinajstić information content (AvgIpc) is 3.29. The lowest BCUT2D eigenvalue weighted by molar-refractivity contribution is 0.383. The van der Waals surface area contributed by atoms with Crippen LogP contribution in [0.5, 0.6) is 0 Å². The van der Waals surface area contributed by atoms with Gasteiger partial charge in [0.1, 0.15) is 16.1 Å². The molecule has 5 rings (SSSR count). The average molecular weight is 643 g/mol. The highest BCUT2D eigenvalue weighted by atomic mass is 28.3. The summed E-state index contributed by atoms with van der Waals surface area (Å²) in [4.78, 5) is 0. The van der Waals surface area contributed by atoms with E-state index in [1.165, 1.54) is 26.2 Å². The van der Waals surface area contributed by atoms with Gasteiger partial charge in [-0.2, -0.15) is 0 Å². The third-order valence-electron chi connectivity index (χ3n) is 8.45. The standard InChI is InChI=1S/C31H24F10Si2/c1-12-7-14-15-8-13(2)10-19(43(5,6)31-28(40)24(36)21(33)25(37)29(31)41)17(15)11-16(14)18(9-12)42(3,4)30-26(38)22(34)20(32)23(35)27(30)39/h7-10H,11H2,1-6H3. The Morgan fingerprint density at radius 1 is 0.419 bits per heavy atom. The van der Waals surface area contributed by atoms with Crippen molar-refractivity contribution < 1.29 is 43.9 Å². The van der Waals surface area contributed by atoms with Crippen molar-refractivity contribution in [3.63, 3.8) is 0 Å². The minimum Gasteiger partial charge on any atom is -0.204 e. The number of hydrogen-bond donors (Lipinski definition) is 0. The SMILES string of the molecule is Cc1cc2c(c([Si](C)(C)c3c(F)c(F)c(F)c(F)c3F)c1)Cc1c-2cc(C)cc1[Si](C)(C)c1c(F)c(F)c(F)c(F)c1F. The van der Waals surface area contributed by atoms with Crippen LogP contribution in [-0.2, 0) is 6.42 Å². The summed E-state index contributed by atoms with van der Waals surface area (Å²) in [6.07, 6.45) is 0.0492. The molecule has 0 spiro atoms. The van der Waals surface area contributed by atoms with Crippen LogP contribution in [0.4, 0.5) is 43.9 Å². The largest absolute Gasteiger partial charge is 0.204 e. The van der Waals surface area contributed by atoms with Gasteiger partial charge in [0.15, 0.2) is 46.5 Å². The van der Waals surface area contributed by atoms with Crippen LogP contribution >= 0.6 is 0 Å². The summed E-state index contributed by atoms with van der Waals surface area (Å²) in [5.41, 5.74) is 3.53. The fourth-order valence-corrected chi connectivity index (χ4v) is 12.7. The minimum atomic E-state index is -3.68. The molecule has 43 heavy (non-hydrogen) atoms. The topological polar surface area (TPSA) is 0 Å². The van der Waals surface area contributed by atoms with Crippen molar-refractivity contribution in [3.05, 3.63) is 105 Å². The molecule has 0 bridgehead atoms. The molecule has 0 saturated heterocycles. The van der Waals surface area contributed by atoms with Crippen LogP contribution in [0.2, 0.25) is 26.2 Å². The van der Waals surface area contributed by atoms with E-state index in [9.17, 15) is 26.3 Å². The Morgan fingerprint density at radius 2 is 0.674 bits per heavy atom. The Kier molecular flexibility index (Phi) is 7.28. The van der Waals surface area contributed by atoms with E-state index in [4.69, 9.17) is 0 Å². The highest BCUT2D eigenvalue weighted by molar-refractivity contribution is 7.01. The maximum absolute atomic E-state index is 15.1. The van der Waals surface area contributed by atoms with Crippen LogP contribution in [0, 0.1) is 72.0 Å². The number of rotatable bonds is 4. The van der Waals surface area contributed by atoms with Gasteiger partial charge >= 0.3 is 0 Å². The first-order valence-electron chi connectivity index (χ1n) is 13.2. The first-order chi connectivity index (χ1) is 19.8. The second-order valence-electron chi connectivity index (χ2n) is 12.0. The van der Waals surface area contributed by atoms with Gasteiger partial charge in [0.05, 0.1) is 0 Å². The zero-order valence-corrected chi connectivity index (χ0v) is 25.8. The summed E-state index contributed by atoms with van der Waals surface area (Å²) < 4.78 is 145. The van der Waals surface area contributed by atoms with E-state index < -0.39 is 84.7 Å². The van der Waals surface area contributed by atoms with Crippen molar-refractivity contribution >= 4 is 36.9 Å². The number of aryl methyl sites for hydroxylation is 2. The zero-order valence-electron chi connectivity index (χ0n) is 23.8. The molecule has 4 aromatic carbocycles. The predicted molar refractivity (Wildman–Crippen MR) is 150 cm³/mol. The molecular formula is C31H24F10Si2. The first kappa shape index (κ1) is 31.1. The van der Waals surface area contributed by atoms with Gasteiger partial charge in [0.2, 0.25) is 11.6 Å². The molecule has 0 radical (unpaired) electrons. The van der Waals surface area contributed by atoms with Crippen LogP contribution < -0.4 is 20.7 Å². The smallest absolute Gasteiger partial charge is 0.200 e. The summed E-state index contributed by atoms with van der Waals surface area (Å²) in [5.74, 6) is -20.3. The van der Waals surface area contributed by atoms with Gasteiger partial charge in [0, 0.05) is 10.4 Å². The van der Waals surface area contributed by atoms with E-state index in [2.05, 4.69) is 0 Å². The maximum atomic E-state index is 15.1. The van der Waals surface area contributed by atoms with E-state index in [1.54, 1.807) is 38.1 Å². The molecule has 0 aromatic heterocycles. The molecule has 0 aliphatic heterocycles. The Balaban J connectivity index is 1.77. The lowest BCUT2D eigenvalue weighted by Crippen LogP contribution is -2.58. The first-order valence-corrected chi connectivity index (χ1v) is 19.2. The summed E-state index contributed by atoms with van der Waals surface area (Å²) in [5, 5.41) is -0.997. The van der Waals surface area contributed by atoms with Crippen molar-refractivity contribution in [2.75, 3.05) is 0 Å². The third kappa shape index (κ3) is 4.39. The second-order valence-corrected chi connectivity index (χ2v) is 20.6. The van der Waals surface area contributed by atoms with Crippen LogP contribution in [0.3, 0.4) is 0 Å². The molecule has 12 heteroatoms. The van der Waals surface area contributed by atoms with E-state index in [0.717, 1.165) is 0 Å². The van der Waals surface area contributed by atoms with Crippen molar-refractivity contribution in [2.45, 2.75) is 46.5 Å². The van der Waals surface area contributed by atoms with Crippen molar-refractivity contribution in [1.29, 1.82) is 0 Å². The Morgan fingerprint density at radius 3 is 0.953 bits per heavy atom. The highest BCUT2D eigenvalue weighted by Crippen LogP contribution is 2.38. The van der Waals surface area contributed by atoms with Crippen LogP contribution in [-0.4, -0.2) is 16.1 Å². The molecule has 0 amide bonds. The van der Waals surface area contributed by atoms with Gasteiger partial charge in [-0.25, -0.2) is 43.9 Å². The number of fused-ring (bicyclic) bond motifs is 3. The van der Waals surface area contributed by atoms with Crippen LogP contribution in [0.25, 0.3) is 11.1 Å². The van der Waals surface area contributed by atoms with Gasteiger partial charge in [-0.3, -0.25) is 0 Å². The lowest BCUT2D eigenvalue weighted by atomic mass is 10.0. The molecule has 0 N–H and O–H groups in total. The van der Waals surface area contributed by atoms with Crippen molar-refractivity contribution in [1.82, 2.24) is 0 Å². The molecule has 4 aromatic rings. The van der Waals surface area contributed by atoms with Crippen molar-refractivity contribution in [3.8, 4) is 11.1 Å². The second kappa shape index (κ2) is 10.1. The summed E-state index contributed by atoms with van der Waals surface area (Å²) >= 11 is 0. The fraction of sp³-hybridized carbons (Fsp3) is 0.226. The molecule has 0 atom stereocenters. The van der Waals surface area contributed by atoms with Gasteiger partial charge in [0.25, 0.3) is 0 Å². The molecular weight excluding hydrogens is 618 g/mol. The van der Waals surface area contributed by atoms with Gasteiger partial charge in [-0.1, -0.05) is 61.6 Å². The molecule has 1 aliphatic rings. The Labute approximate surface area is 243 Å². The Bertz CT molecular complexity index is 1690. The number of benzene rings is 4. The van der Waals surface area contributed by atoms with Gasteiger partial charge in [-0.15, -0.1) is 0 Å². The minimum absolute atomic E-state index is 0.0492. The molecule has 0 unspecified atom stereocenters. The molecule has 0 nitrogen and oxygen atoms in total. The van der Waals surface area contributed by atoms with Gasteiger partial charge in [-0.05, 0) is 52.9 Å².